The lowest BCUT2D eigenvalue weighted by molar-refractivity contribution is 0.269. The highest BCUT2D eigenvalue weighted by Gasteiger charge is 2.10. The summed E-state index contributed by atoms with van der Waals surface area (Å²) in [6.45, 7) is 3.62. The van der Waals surface area contributed by atoms with Crippen LogP contribution in [-0.2, 0) is 0 Å². The molecule has 1 unspecified atom stereocenters. The van der Waals surface area contributed by atoms with Crippen LogP contribution in [0, 0.1) is 6.92 Å². The quantitative estimate of drug-likeness (QED) is 0.709. The van der Waals surface area contributed by atoms with Gasteiger partial charge < -0.3 is 15.0 Å². The van der Waals surface area contributed by atoms with E-state index in [9.17, 15) is 4.79 Å². The molecule has 5 heteroatoms. The number of likely N-dealkylation sites (N-methyl/N-ethyl adjacent to an activating group) is 1. The van der Waals surface area contributed by atoms with Gasteiger partial charge in [0.25, 0.3) is 5.56 Å². The predicted molar refractivity (Wildman–Crippen MR) is 54.5 cm³/mol. The van der Waals surface area contributed by atoms with E-state index in [4.69, 9.17) is 5.11 Å². The monoisotopic (exact) mass is 197 g/mol. The van der Waals surface area contributed by atoms with Crippen molar-refractivity contribution >= 4 is 5.82 Å². The molecule has 0 aliphatic heterocycles. The topological polar surface area (TPSA) is 69.2 Å². The maximum atomic E-state index is 11.1. The summed E-state index contributed by atoms with van der Waals surface area (Å²) >= 11 is 0. The maximum Gasteiger partial charge on any atom is 0.252 e. The number of hydrogen-bond acceptors (Lipinski definition) is 4. The van der Waals surface area contributed by atoms with Crippen LogP contribution in [0.4, 0.5) is 5.82 Å². The largest absolute Gasteiger partial charge is 0.394 e. The van der Waals surface area contributed by atoms with Crippen molar-refractivity contribution in [3.8, 4) is 0 Å². The fourth-order valence-corrected chi connectivity index (χ4v) is 1.09. The molecular weight excluding hydrogens is 182 g/mol. The van der Waals surface area contributed by atoms with Crippen LogP contribution in [0.2, 0.25) is 0 Å². The van der Waals surface area contributed by atoms with E-state index < -0.39 is 0 Å². The minimum Gasteiger partial charge on any atom is -0.394 e. The number of nitrogens with zero attached hydrogens (tertiary/aromatic N) is 2. The fourth-order valence-electron chi connectivity index (χ4n) is 1.09. The van der Waals surface area contributed by atoms with Crippen molar-refractivity contribution < 1.29 is 5.11 Å². The Bertz CT molecular complexity index is 361. The number of aromatic nitrogens is 2. The van der Waals surface area contributed by atoms with Gasteiger partial charge in [-0.1, -0.05) is 0 Å². The second kappa shape index (κ2) is 4.23. The number of aliphatic hydroxyl groups is 1. The van der Waals surface area contributed by atoms with Crippen LogP contribution in [0.15, 0.2) is 10.9 Å². The van der Waals surface area contributed by atoms with E-state index in [1.54, 1.807) is 18.9 Å². The Labute approximate surface area is 82.4 Å². The third-order valence-electron chi connectivity index (χ3n) is 2.13. The Morgan fingerprint density at radius 3 is 2.86 bits per heavy atom. The van der Waals surface area contributed by atoms with Crippen LogP contribution in [0.3, 0.4) is 0 Å². The fraction of sp³-hybridized carbons (Fsp3) is 0.556. The Morgan fingerprint density at radius 1 is 1.71 bits per heavy atom. The van der Waals surface area contributed by atoms with Crippen molar-refractivity contribution in [2.75, 3.05) is 18.6 Å². The van der Waals surface area contributed by atoms with Gasteiger partial charge >= 0.3 is 0 Å². The second-order valence-electron chi connectivity index (χ2n) is 3.33. The first-order valence-electron chi connectivity index (χ1n) is 4.46. The number of nitrogens with one attached hydrogen (secondary N) is 1. The normalized spacial score (nSPS) is 12.6. The lowest BCUT2D eigenvalue weighted by Gasteiger charge is -2.23. The van der Waals surface area contributed by atoms with Gasteiger partial charge in [-0.25, -0.2) is 4.98 Å². The van der Waals surface area contributed by atoms with E-state index in [0.717, 1.165) is 0 Å². The van der Waals surface area contributed by atoms with E-state index in [1.807, 2.05) is 6.92 Å². The van der Waals surface area contributed by atoms with E-state index in [-0.39, 0.29) is 18.2 Å². The van der Waals surface area contributed by atoms with Crippen LogP contribution in [0.5, 0.6) is 0 Å². The third kappa shape index (κ3) is 2.32. The van der Waals surface area contributed by atoms with Gasteiger partial charge in [-0.05, 0) is 13.8 Å². The van der Waals surface area contributed by atoms with Gasteiger partial charge in [0.05, 0.1) is 12.6 Å². The highest BCUT2D eigenvalue weighted by Crippen LogP contribution is 2.08. The molecule has 14 heavy (non-hydrogen) atoms. The van der Waals surface area contributed by atoms with Crippen LogP contribution >= 0.6 is 0 Å². The summed E-state index contributed by atoms with van der Waals surface area (Å²) in [7, 11) is 1.79. The molecule has 0 aliphatic carbocycles. The lowest BCUT2D eigenvalue weighted by atomic mass is 10.3. The summed E-state index contributed by atoms with van der Waals surface area (Å²) < 4.78 is 0. The summed E-state index contributed by atoms with van der Waals surface area (Å²) in [5.74, 6) is 1.15. The zero-order valence-corrected chi connectivity index (χ0v) is 8.61. The highest BCUT2D eigenvalue weighted by molar-refractivity contribution is 5.37. The van der Waals surface area contributed by atoms with Gasteiger partial charge in [0.15, 0.2) is 0 Å². The molecule has 0 saturated carbocycles. The van der Waals surface area contributed by atoms with Crippen LogP contribution in [0.1, 0.15) is 12.7 Å². The van der Waals surface area contributed by atoms with E-state index in [2.05, 4.69) is 9.97 Å². The Morgan fingerprint density at radius 2 is 2.36 bits per heavy atom. The molecule has 0 aliphatic rings. The number of rotatable bonds is 3. The Balaban J connectivity index is 3.00. The summed E-state index contributed by atoms with van der Waals surface area (Å²) in [5, 5.41) is 8.95. The second-order valence-corrected chi connectivity index (χ2v) is 3.33. The number of anilines is 1. The average Bonchev–Trinajstić information content (AvgIpc) is 2.14. The first-order valence-corrected chi connectivity index (χ1v) is 4.46. The van der Waals surface area contributed by atoms with Crippen molar-refractivity contribution in [1.82, 2.24) is 9.97 Å². The summed E-state index contributed by atoms with van der Waals surface area (Å²) in [5.41, 5.74) is -0.176. The van der Waals surface area contributed by atoms with Gasteiger partial charge in [0.1, 0.15) is 11.6 Å². The molecule has 0 radical (unpaired) electrons. The van der Waals surface area contributed by atoms with Crippen molar-refractivity contribution in [1.29, 1.82) is 0 Å². The van der Waals surface area contributed by atoms with Crippen molar-refractivity contribution in [2.24, 2.45) is 0 Å². The van der Waals surface area contributed by atoms with Crippen molar-refractivity contribution in [3.05, 3.63) is 22.2 Å². The molecule has 2 N–H and O–H groups in total. The lowest BCUT2D eigenvalue weighted by Crippen LogP contribution is -2.33. The van der Waals surface area contributed by atoms with Crippen LogP contribution in [-0.4, -0.2) is 34.8 Å². The molecule has 78 valence electrons. The van der Waals surface area contributed by atoms with Crippen LogP contribution < -0.4 is 10.5 Å². The summed E-state index contributed by atoms with van der Waals surface area (Å²) in [6, 6.07) is 1.36. The average molecular weight is 197 g/mol. The molecule has 0 spiro atoms. The number of aromatic amines is 1. The van der Waals surface area contributed by atoms with Crippen molar-refractivity contribution in [2.45, 2.75) is 19.9 Å². The number of H-pyrrole nitrogens is 1. The molecule has 0 bridgehead atoms. The van der Waals surface area contributed by atoms with Gasteiger partial charge in [-0.3, -0.25) is 4.79 Å². The summed E-state index contributed by atoms with van der Waals surface area (Å²) in [4.78, 5) is 19.6. The van der Waals surface area contributed by atoms with E-state index >= 15 is 0 Å². The molecule has 5 nitrogen and oxygen atoms in total. The Hall–Kier alpha value is -1.36. The molecule has 0 saturated heterocycles. The minimum atomic E-state index is -0.176. The molecule has 1 heterocycles. The van der Waals surface area contributed by atoms with Crippen molar-refractivity contribution in [3.63, 3.8) is 0 Å². The van der Waals surface area contributed by atoms with E-state index in [1.165, 1.54) is 6.07 Å². The SMILES string of the molecule is Cc1nc(N(C)C(C)CO)cc(=O)[nH]1. The number of hydrogen-bond donors (Lipinski definition) is 2. The molecule has 0 amide bonds. The maximum absolute atomic E-state index is 11.1. The zero-order chi connectivity index (χ0) is 10.7. The van der Waals surface area contributed by atoms with Gasteiger partial charge in [0.2, 0.25) is 0 Å². The number of aryl methyl sites for hydroxylation is 1. The molecule has 0 fully saturated rings. The predicted octanol–water partition coefficient (Wildman–Crippen LogP) is -0.105. The first-order chi connectivity index (χ1) is 6.54. The van der Waals surface area contributed by atoms with Gasteiger partial charge in [-0.2, -0.15) is 0 Å². The number of aliphatic hydroxyl groups excluding tert-OH is 1. The highest BCUT2D eigenvalue weighted by atomic mass is 16.3. The molecule has 0 aromatic carbocycles. The third-order valence-corrected chi connectivity index (χ3v) is 2.13. The zero-order valence-electron chi connectivity index (χ0n) is 8.61. The molecule has 1 aromatic rings. The molecule has 1 rings (SSSR count). The minimum absolute atomic E-state index is 0.0318. The van der Waals surface area contributed by atoms with Gasteiger partial charge in [0, 0.05) is 13.1 Å². The smallest absolute Gasteiger partial charge is 0.252 e. The molecule has 1 atom stereocenters. The standard InChI is InChI=1S/C9H15N3O2/c1-6(5-13)12(3)8-4-9(14)11-7(2)10-8/h4,6,13H,5H2,1-3H3,(H,10,11,14). The van der Waals surface area contributed by atoms with Gasteiger partial charge in [-0.15, -0.1) is 0 Å². The first kappa shape index (κ1) is 10.7. The Kier molecular flexibility index (Phi) is 3.24. The summed E-state index contributed by atoms with van der Waals surface area (Å²) in [6.07, 6.45) is 0. The molecule has 1 aromatic heterocycles. The van der Waals surface area contributed by atoms with Crippen LogP contribution in [0.25, 0.3) is 0 Å². The van der Waals surface area contributed by atoms with E-state index in [0.29, 0.717) is 11.6 Å². The molecular formula is C9H15N3O2.